The van der Waals surface area contributed by atoms with Crippen molar-refractivity contribution in [3.8, 4) is 0 Å². The van der Waals surface area contributed by atoms with Crippen molar-refractivity contribution in [3.05, 3.63) is 23.8 Å². The highest BCUT2D eigenvalue weighted by Crippen LogP contribution is 2.38. The van der Waals surface area contributed by atoms with Crippen LogP contribution in [-0.2, 0) is 23.4 Å². The van der Waals surface area contributed by atoms with E-state index in [1.165, 1.54) is 7.11 Å². The van der Waals surface area contributed by atoms with Gasteiger partial charge in [0.1, 0.15) is 0 Å². The van der Waals surface area contributed by atoms with E-state index in [-0.39, 0.29) is 35.2 Å². The van der Waals surface area contributed by atoms with Gasteiger partial charge in [0.05, 0.1) is 25.7 Å². The Morgan fingerprint density at radius 2 is 1.91 bits per heavy atom. The van der Waals surface area contributed by atoms with Crippen LogP contribution in [0, 0.1) is 11.8 Å². The molecule has 1 rings (SSSR count). The van der Waals surface area contributed by atoms with Gasteiger partial charge in [-0.05, 0) is 68.7 Å². The summed E-state index contributed by atoms with van der Waals surface area (Å²) in [7, 11) is -0.520. The third-order valence-electron chi connectivity index (χ3n) is 6.77. The molecular formula is C26H48O5Si. The SMILES string of the molecule is C=C(C[C@@H](COC1CCCCO1)O[Si](C)(C)C(C)(C)C)/C(C)=C/[C@H](C)C[C@@H](C)C(=O)OC. The smallest absolute Gasteiger partial charge is 0.308 e. The zero-order chi connectivity index (χ0) is 24.5. The van der Waals surface area contributed by atoms with Crippen LogP contribution in [0.2, 0.25) is 18.1 Å². The van der Waals surface area contributed by atoms with E-state index in [1.54, 1.807) is 0 Å². The number of carbonyl (C=O) groups excluding carboxylic acids is 1. The first-order valence-electron chi connectivity index (χ1n) is 12.1. The van der Waals surface area contributed by atoms with Crippen LogP contribution in [0.25, 0.3) is 0 Å². The topological polar surface area (TPSA) is 54.0 Å². The molecule has 5 nitrogen and oxygen atoms in total. The van der Waals surface area contributed by atoms with Gasteiger partial charge in [-0.15, -0.1) is 0 Å². The van der Waals surface area contributed by atoms with E-state index in [0.29, 0.717) is 6.61 Å². The lowest BCUT2D eigenvalue weighted by Crippen LogP contribution is -2.45. The minimum atomic E-state index is -1.96. The number of allylic oxidation sites excluding steroid dienone is 2. The fourth-order valence-electron chi connectivity index (χ4n) is 3.69. The molecule has 0 bridgehead atoms. The highest BCUT2D eigenvalue weighted by Gasteiger charge is 2.39. The molecule has 1 saturated heterocycles. The molecule has 1 fully saturated rings. The van der Waals surface area contributed by atoms with Gasteiger partial charge in [0, 0.05) is 6.61 Å². The van der Waals surface area contributed by atoms with Crippen molar-refractivity contribution in [2.45, 2.75) is 104 Å². The Hall–Kier alpha value is -0.953. The molecule has 0 aromatic carbocycles. The molecule has 1 aliphatic heterocycles. The number of hydrogen-bond donors (Lipinski definition) is 0. The van der Waals surface area contributed by atoms with Gasteiger partial charge in [-0.2, -0.15) is 0 Å². The van der Waals surface area contributed by atoms with Crippen molar-refractivity contribution in [1.29, 1.82) is 0 Å². The third-order valence-corrected chi connectivity index (χ3v) is 11.3. The van der Waals surface area contributed by atoms with Gasteiger partial charge in [-0.3, -0.25) is 4.79 Å². The molecule has 1 heterocycles. The fraction of sp³-hybridized carbons (Fsp3) is 0.808. The molecule has 0 N–H and O–H groups in total. The first-order valence-corrected chi connectivity index (χ1v) is 15.0. The van der Waals surface area contributed by atoms with Crippen molar-refractivity contribution in [1.82, 2.24) is 0 Å². The highest BCUT2D eigenvalue weighted by atomic mass is 28.4. The van der Waals surface area contributed by atoms with E-state index in [2.05, 4.69) is 60.4 Å². The largest absolute Gasteiger partial charge is 0.469 e. The Bertz CT molecular complexity index is 629. The lowest BCUT2D eigenvalue weighted by Gasteiger charge is -2.40. The third kappa shape index (κ3) is 9.90. The Balaban J connectivity index is 2.81. The van der Waals surface area contributed by atoms with Gasteiger partial charge in [0.15, 0.2) is 14.6 Å². The first kappa shape index (κ1) is 29.1. The molecule has 0 saturated carbocycles. The lowest BCUT2D eigenvalue weighted by atomic mass is 9.93. The van der Waals surface area contributed by atoms with E-state index >= 15 is 0 Å². The maximum atomic E-state index is 11.7. The van der Waals surface area contributed by atoms with Crippen LogP contribution in [0.3, 0.4) is 0 Å². The summed E-state index contributed by atoms with van der Waals surface area (Å²) in [6.45, 7) is 23.1. The lowest BCUT2D eigenvalue weighted by molar-refractivity contribution is -0.173. The number of hydrogen-bond acceptors (Lipinski definition) is 5. The number of esters is 1. The Morgan fingerprint density at radius 1 is 1.25 bits per heavy atom. The van der Waals surface area contributed by atoms with Crippen molar-refractivity contribution < 1.29 is 23.4 Å². The average Bonchev–Trinajstić information content (AvgIpc) is 2.70. The van der Waals surface area contributed by atoms with Gasteiger partial charge < -0.3 is 18.6 Å². The van der Waals surface area contributed by atoms with Gasteiger partial charge >= 0.3 is 5.97 Å². The quantitative estimate of drug-likeness (QED) is 0.182. The van der Waals surface area contributed by atoms with Crippen molar-refractivity contribution in [2.24, 2.45) is 11.8 Å². The summed E-state index contributed by atoms with van der Waals surface area (Å²) in [5, 5.41) is 0.122. The Morgan fingerprint density at radius 3 is 2.44 bits per heavy atom. The van der Waals surface area contributed by atoms with Crippen LogP contribution >= 0.6 is 0 Å². The molecule has 0 radical (unpaired) electrons. The summed E-state index contributed by atoms with van der Waals surface area (Å²) in [5.41, 5.74) is 2.20. The molecule has 0 aromatic heterocycles. The molecular weight excluding hydrogens is 420 g/mol. The van der Waals surface area contributed by atoms with E-state index in [9.17, 15) is 4.79 Å². The fourth-order valence-corrected chi connectivity index (χ4v) is 5.03. The maximum Gasteiger partial charge on any atom is 0.308 e. The second kappa shape index (κ2) is 13.1. The van der Waals surface area contributed by atoms with Crippen molar-refractivity contribution >= 4 is 14.3 Å². The molecule has 0 aliphatic carbocycles. The molecule has 1 unspecified atom stereocenters. The number of carbonyl (C=O) groups is 1. The molecule has 186 valence electrons. The van der Waals surface area contributed by atoms with Crippen LogP contribution in [0.5, 0.6) is 0 Å². The normalized spacial score (nSPS) is 21.0. The highest BCUT2D eigenvalue weighted by molar-refractivity contribution is 6.74. The number of rotatable bonds is 12. The molecule has 1 aliphatic rings. The first-order chi connectivity index (χ1) is 14.8. The predicted octanol–water partition coefficient (Wildman–Crippen LogP) is 6.65. The van der Waals surface area contributed by atoms with E-state index in [1.807, 2.05) is 6.92 Å². The summed E-state index contributed by atoms with van der Waals surface area (Å²) in [6, 6.07) is 0. The molecule has 32 heavy (non-hydrogen) atoms. The van der Waals surface area contributed by atoms with Crippen LogP contribution < -0.4 is 0 Å². The standard InChI is InChI=1S/C26H48O5Si/c1-19(16-22(4)25(27)28-8)15-20(2)21(3)17-23(31-32(9,10)26(5,6)7)18-30-24-13-11-12-14-29-24/h15,19,22-24H,3,11-14,16-18H2,1-2,4-10H3/b20-15+/t19-,22+,23-,24?/m0/s1. The maximum absolute atomic E-state index is 11.7. The molecule has 0 aromatic rings. The van der Waals surface area contributed by atoms with Crippen molar-refractivity contribution in [3.63, 3.8) is 0 Å². The van der Waals surface area contributed by atoms with Gasteiger partial charge in [-0.25, -0.2) is 0 Å². The predicted molar refractivity (Wildman–Crippen MR) is 134 cm³/mol. The van der Waals surface area contributed by atoms with Gasteiger partial charge in [-0.1, -0.05) is 52.8 Å². The second-order valence-electron chi connectivity index (χ2n) is 10.9. The molecule has 4 atom stereocenters. The van der Waals surface area contributed by atoms with Crippen LogP contribution in [-0.4, -0.2) is 47.0 Å². The van der Waals surface area contributed by atoms with Gasteiger partial charge in [0.2, 0.25) is 0 Å². The van der Waals surface area contributed by atoms with Gasteiger partial charge in [0.25, 0.3) is 0 Å². The second-order valence-corrected chi connectivity index (χ2v) is 15.7. The number of ether oxygens (including phenoxy) is 3. The monoisotopic (exact) mass is 468 g/mol. The molecule has 0 amide bonds. The zero-order valence-electron chi connectivity index (χ0n) is 22.1. The summed E-state index contributed by atoms with van der Waals surface area (Å²) in [4.78, 5) is 11.7. The summed E-state index contributed by atoms with van der Waals surface area (Å²) >= 11 is 0. The molecule has 0 spiro atoms. The Kier molecular flexibility index (Phi) is 11.9. The molecule has 6 heteroatoms. The zero-order valence-corrected chi connectivity index (χ0v) is 23.1. The van der Waals surface area contributed by atoms with E-state index < -0.39 is 8.32 Å². The minimum absolute atomic E-state index is 0.0541. The van der Waals surface area contributed by atoms with Crippen molar-refractivity contribution in [2.75, 3.05) is 20.3 Å². The Labute approximate surface area is 198 Å². The van der Waals surface area contributed by atoms with Crippen LogP contribution in [0.4, 0.5) is 0 Å². The minimum Gasteiger partial charge on any atom is -0.469 e. The van der Waals surface area contributed by atoms with E-state index in [4.69, 9.17) is 18.6 Å². The number of methoxy groups -OCH3 is 1. The summed E-state index contributed by atoms with van der Waals surface area (Å²) < 4.78 is 23.5. The summed E-state index contributed by atoms with van der Waals surface area (Å²) in [5.74, 6) is -0.0231. The van der Waals surface area contributed by atoms with Crippen LogP contribution in [0.15, 0.2) is 23.8 Å². The average molecular weight is 469 g/mol. The van der Waals surface area contributed by atoms with E-state index in [0.717, 1.165) is 49.9 Å². The summed E-state index contributed by atoms with van der Waals surface area (Å²) in [6.07, 6.45) is 6.70. The van der Waals surface area contributed by atoms with Crippen LogP contribution in [0.1, 0.15) is 73.6 Å².